The fourth-order valence-electron chi connectivity index (χ4n) is 4.59. The van der Waals surface area contributed by atoms with Crippen LogP contribution in [0.15, 0.2) is 49.1 Å². The molecule has 2 aliphatic heterocycles. The van der Waals surface area contributed by atoms with Gasteiger partial charge in [-0.15, -0.1) is 6.58 Å². The van der Waals surface area contributed by atoms with Crippen molar-refractivity contribution in [2.24, 2.45) is 5.92 Å². The number of hydrogen-bond acceptors (Lipinski definition) is 6. The molecule has 4 rings (SSSR count). The molecule has 0 saturated carbocycles. The van der Waals surface area contributed by atoms with Crippen LogP contribution >= 0.6 is 0 Å². The molecule has 1 fully saturated rings. The highest BCUT2D eigenvalue weighted by Gasteiger charge is 2.41. The molecule has 0 radical (unpaired) electrons. The molecule has 4 amide bonds. The number of hydrogen-bond donors (Lipinski definition) is 4. The van der Waals surface area contributed by atoms with E-state index in [1.54, 1.807) is 30.3 Å². The fourth-order valence-corrected chi connectivity index (χ4v) is 4.59. The molecule has 2 aliphatic rings. The summed E-state index contributed by atoms with van der Waals surface area (Å²) in [6.07, 6.45) is 0.913. The van der Waals surface area contributed by atoms with Crippen LogP contribution in [0, 0.1) is 23.4 Å². The average Bonchev–Trinajstić information content (AvgIpc) is 3.27. The number of halogens is 3. The Bertz CT molecular complexity index is 1370. The van der Waals surface area contributed by atoms with Gasteiger partial charge in [0.05, 0.1) is 17.6 Å². The van der Waals surface area contributed by atoms with Crippen LogP contribution in [0.1, 0.15) is 30.9 Å². The molecule has 1 unspecified atom stereocenters. The second kappa shape index (κ2) is 12.0. The molecule has 0 spiro atoms. The molecule has 1 saturated heterocycles. The maximum atomic E-state index is 14.6. The Balaban J connectivity index is 1.50. The number of benzene rings is 2. The van der Waals surface area contributed by atoms with E-state index in [1.807, 2.05) is 0 Å². The van der Waals surface area contributed by atoms with Crippen LogP contribution in [-0.4, -0.2) is 48.1 Å². The van der Waals surface area contributed by atoms with Gasteiger partial charge in [0.1, 0.15) is 18.5 Å². The topological polar surface area (TPSA) is 143 Å². The number of carbonyl (C=O) groups excluding carboxylic acids is 5. The molecule has 4 N–H and O–H groups in total. The zero-order chi connectivity index (χ0) is 29.0. The molecule has 0 aromatic heterocycles. The van der Waals surface area contributed by atoms with E-state index >= 15 is 0 Å². The van der Waals surface area contributed by atoms with Crippen LogP contribution < -0.4 is 26.0 Å². The predicted molar refractivity (Wildman–Crippen MR) is 134 cm³/mol. The van der Waals surface area contributed by atoms with Crippen molar-refractivity contribution in [3.63, 3.8) is 0 Å². The van der Waals surface area contributed by atoms with Gasteiger partial charge in [-0.1, -0.05) is 24.3 Å². The van der Waals surface area contributed by atoms with Gasteiger partial charge in [0.25, 0.3) is 0 Å². The Labute approximate surface area is 226 Å². The number of carbonyl (C=O) groups is 5. The summed E-state index contributed by atoms with van der Waals surface area (Å²) >= 11 is 0. The third kappa shape index (κ3) is 6.14. The fraction of sp³-hybridized carbons (Fsp3) is 0.296. The third-order valence-electron chi connectivity index (χ3n) is 6.57. The minimum absolute atomic E-state index is 0.0800. The van der Waals surface area contributed by atoms with Crippen molar-refractivity contribution in [1.29, 1.82) is 0 Å². The first-order valence-electron chi connectivity index (χ1n) is 12.3. The lowest BCUT2D eigenvalue weighted by molar-refractivity contribution is -0.138. The molecule has 210 valence electrons. The number of rotatable bonds is 6. The van der Waals surface area contributed by atoms with Gasteiger partial charge in [0, 0.05) is 17.7 Å². The molecular weight excluding hydrogens is 533 g/mol. The number of anilines is 1. The summed E-state index contributed by atoms with van der Waals surface area (Å²) in [5, 5.41) is 9.60. The van der Waals surface area contributed by atoms with Crippen molar-refractivity contribution in [3.05, 3.63) is 72.1 Å². The van der Waals surface area contributed by atoms with Crippen molar-refractivity contribution in [1.82, 2.24) is 16.0 Å². The zero-order valence-electron chi connectivity index (χ0n) is 21.0. The molecule has 2 aromatic rings. The van der Waals surface area contributed by atoms with Crippen molar-refractivity contribution in [2.45, 2.75) is 37.4 Å². The highest BCUT2D eigenvalue weighted by Crippen LogP contribution is 2.40. The lowest BCUT2D eigenvalue weighted by atomic mass is 9.91. The van der Waals surface area contributed by atoms with Crippen LogP contribution in [0.4, 0.5) is 18.9 Å². The molecule has 10 nitrogen and oxygen atoms in total. The van der Waals surface area contributed by atoms with Crippen LogP contribution in [-0.2, 0) is 24.0 Å². The first-order chi connectivity index (χ1) is 19.1. The summed E-state index contributed by atoms with van der Waals surface area (Å²) in [6, 6.07) is 4.75. The van der Waals surface area contributed by atoms with E-state index in [9.17, 15) is 37.1 Å². The summed E-state index contributed by atoms with van der Waals surface area (Å²) in [5.74, 6) is -10.4. The average molecular weight is 559 g/mol. The summed E-state index contributed by atoms with van der Waals surface area (Å²) in [6.45, 7) is 2.66. The Kier molecular flexibility index (Phi) is 8.51. The maximum Gasteiger partial charge on any atom is 0.313 e. The van der Waals surface area contributed by atoms with Crippen molar-refractivity contribution < 1.29 is 41.9 Å². The Morgan fingerprint density at radius 1 is 1.07 bits per heavy atom. The number of amides is 4. The minimum atomic E-state index is -1.54. The molecule has 0 aliphatic carbocycles. The molecular formula is C27H25F3N4O6. The van der Waals surface area contributed by atoms with Gasteiger partial charge < -0.3 is 26.0 Å². The number of ether oxygens (including phenoxy) is 1. The second-order valence-electron chi connectivity index (χ2n) is 9.31. The standard InChI is InChI=1S/C27H25F3N4O6/c1-2-6-17(32-27(39)26(38)31-14-7-4-3-5-8-14)25(37)33-18-9-13-10-19(34-24(13)36)21-15(28)11-16(29)22(30)23(21)40-12-20(18)35/h2-5,7-8,11,13,17-19H,1,6,9-10,12H2,(H,31,38)(H,32,39)(H,33,37)(H,34,36)/t13-,17+,18+,19?/m1/s1. The monoisotopic (exact) mass is 558 g/mol. The Morgan fingerprint density at radius 3 is 2.50 bits per heavy atom. The van der Waals surface area contributed by atoms with Gasteiger partial charge in [-0.3, -0.25) is 24.0 Å². The summed E-state index contributed by atoms with van der Waals surface area (Å²) < 4.78 is 48.2. The van der Waals surface area contributed by atoms with E-state index in [0.717, 1.165) is 0 Å². The molecule has 2 heterocycles. The van der Waals surface area contributed by atoms with E-state index in [-0.39, 0.29) is 19.3 Å². The van der Waals surface area contributed by atoms with Crippen molar-refractivity contribution >= 4 is 35.1 Å². The van der Waals surface area contributed by atoms with E-state index < -0.39 is 88.8 Å². The van der Waals surface area contributed by atoms with Crippen LogP contribution in [0.3, 0.4) is 0 Å². The molecule has 40 heavy (non-hydrogen) atoms. The van der Waals surface area contributed by atoms with Crippen LogP contribution in [0.2, 0.25) is 0 Å². The quantitative estimate of drug-likeness (QED) is 0.242. The SMILES string of the molecule is C=CC[C@H](NC(=O)C(=O)Nc1ccccc1)C(=O)N[C@H]1C[C@@H]2CC(NC2=O)c2c(F)cc(F)c(F)c2OCC1=O. The maximum absolute atomic E-state index is 14.6. The van der Waals surface area contributed by atoms with Crippen molar-refractivity contribution in [3.8, 4) is 5.75 Å². The Morgan fingerprint density at radius 2 is 1.80 bits per heavy atom. The third-order valence-corrected chi connectivity index (χ3v) is 6.57. The zero-order valence-corrected chi connectivity index (χ0v) is 21.0. The van der Waals surface area contributed by atoms with Crippen LogP contribution in [0.5, 0.6) is 5.75 Å². The normalized spacial score (nSPS) is 20.7. The number of nitrogens with one attached hydrogen (secondary N) is 4. The van der Waals surface area contributed by atoms with E-state index in [1.165, 1.54) is 6.08 Å². The molecule has 2 aromatic carbocycles. The first-order valence-corrected chi connectivity index (χ1v) is 12.3. The van der Waals surface area contributed by atoms with Gasteiger partial charge in [0.15, 0.2) is 17.3 Å². The number of Topliss-reactive ketones (excluding diaryl/α,β-unsaturated/α-hetero) is 1. The van der Waals surface area contributed by atoms with Crippen LogP contribution in [0.25, 0.3) is 0 Å². The number of para-hydroxylation sites is 1. The smallest absolute Gasteiger partial charge is 0.313 e. The first kappa shape index (κ1) is 28.3. The highest BCUT2D eigenvalue weighted by atomic mass is 19.2. The van der Waals surface area contributed by atoms with Gasteiger partial charge in [-0.25, -0.2) is 8.78 Å². The van der Waals surface area contributed by atoms with E-state index in [0.29, 0.717) is 11.8 Å². The number of ketones is 1. The molecule has 13 heteroatoms. The van der Waals surface area contributed by atoms with E-state index in [2.05, 4.69) is 27.8 Å². The predicted octanol–water partition coefficient (Wildman–Crippen LogP) is 1.82. The lowest BCUT2D eigenvalue weighted by Crippen LogP contribution is -2.54. The molecule has 4 atom stereocenters. The van der Waals surface area contributed by atoms with Crippen molar-refractivity contribution in [2.75, 3.05) is 11.9 Å². The molecule has 2 bridgehead atoms. The highest BCUT2D eigenvalue weighted by molar-refractivity contribution is 6.40. The van der Waals surface area contributed by atoms with Gasteiger partial charge >= 0.3 is 11.8 Å². The second-order valence-corrected chi connectivity index (χ2v) is 9.31. The largest absolute Gasteiger partial charge is 0.482 e. The summed E-state index contributed by atoms with van der Waals surface area (Å²) in [7, 11) is 0. The Hall–Kier alpha value is -4.68. The van der Waals surface area contributed by atoms with Gasteiger partial charge in [-0.05, 0) is 31.4 Å². The minimum Gasteiger partial charge on any atom is -0.482 e. The van der Waals surface area contributed by atoms with E-state index in [4.69, 9.17) is 4.74 Å². The summed E-state index contributed by atoms with van der Waals surface area (Å²) in [5.41, 5.74) is -0.0574. The van der Waals surface area contributed by atoms with Gasteiger partial charge in [-0.2, -0.15) is 4.39 Å². The number of fused-ring (bicyclic) bond motifs is 4. The van der Waals surface area contributed by atoms with Gasteiger partial charge in [0.2, 0.25) is 17.6 Å². The lowest BCUT2D eigenvalue weighted by Gasteiger charge is -2.25. The summed E-state index contributed by atoms with van der Waals surface area (Å²) in [4.78, 5) is 63.5.